The lowest BCUT2D eigenvalue weighted by molar-refractivity contribution is -0.688. The maximum Gasteiger partial charge on any atom is 0.173 e. The van der Waals surface area contributed by atoms with E-state index in [9.17, 15) is 0 Å². The van der Waals surface area contributed by atoms with E-state index >= 15 is 0 Å². The Kier molecular flexibility index (Phi) is 3.61. The molecule has 0 radical (unpaired) electrons. The predicted octanol–water partition coefficient (Wildman–Crippen LogP) is 4.57. The molecule has 2 aromatic carbocycles. The Labute approximate surface area is 156 Å². The largest absolute Gasteiger partial charge is 0.456 e. The number of aromatic nitrogens is 2. The topological polar surface area (TPSA) is 55.9 Å². The first-order valence-electron chi connectivity index (χ1n) is 8.86. The molecule has 0 aliphatic heterocycles. The molecule has 3 aromatic heterocycles. The van der Waals surface area contributed by atoms with Gasteiger partial charge in [-0.15, -0.1) is 0 Å². The molecule has 2 N–H and O–H groups in total. The van der Waals surface area contributed by atoms with E-state index in [-0.39, 0.29) is 0 Å². The van der Waals surface area contributed by atoms with Crippen LogP contribution >= 0.6 is 0 Å². The van der Waals surface area contributed by atoms with E-state index < -0.39 is 0 Å². The smallest absolute Gasteiger partial charge is 0.173 e. The van der Waals surface area contributed by atoms with Crippen LogP contribution in [0.25, 0.3) is 33.1 Å². The fraction of sp³-hybridized carbons (Fsp3) is 0.0435. The van der Waals surface area contributed by atoms with E-state index in [2.05, 4.69) is 39.9 Å². The van der Waals surface area contributed by atoms with Gasteiger partial charge in [0.15, 0.2) is 18.9 Å². The standard InChI is InChI=1S/C23H17N3O/c24-19-7-9-26(10-8-19)15-16-5-6-18-13-25-14-21(20(18)11-16)23-12-17-3-1-2-4-22(17)27-23/h1-14,24H,15H2/p+1. The second kappa shape index (κ2) is 6.25. The molecule has 0 saturated carbocycles. The van der Waals surface area contributed by atoms with Crippen LogP contribution in [0.1, 0.15) is 5.56 Å². The zero-order valence-electron chi connectivity index (χ0n) is 14.7. The first-order valence-corrected chi connectivity index (χ1v) is 8.86. The summed E-state index contributed by atoms with van der Waals surface area (Å²) >= 11 is 0. The summed E-state index contributed by atoms with van der Waals surface area (Å²) in [6, 6.07) is 20.4. The molecule has 0 atom stereocenters. The van der Waals surface area contributed by atoms with Crippen molar-refractivity contribution in [1.29, 1.82) is 0 Å². The highest BCUT2D eigenvalue weighted by Gasteiger charge is 2.12. The number of furan rings is 1. The minimum absolute atomic E-state index is 0.767. The van der Waals surface area contributed by atoms with E-state index in [0.717, 1.165) is 45.3 Å². The molecule has 0 spiro atoms. The quantitative estimate of drug-likeness (QED) is 0.484. The lowest BCUT2D eigenvalue weighted by atomic mass is 10.0. The Bertz CT molecular complexity index is 1220. The number of fused-ring (bicyclic) bond motifs is 2. The molecule has 0 saturated heterocycles. The Morgan fingerprint density at radius 2 is 1.74 bits per heavy atom. The van der Waals surface area contributed by atoms with Crippen LogP contribution in [0.3, 0.4) is 0 Å². The Morgan fingerprint density at radius 3 is 2.59 bits per heavy atom. The predicted molar refractivity (Wildman–Crippen MR) is 107 cm³/mol. The van der Waals surface area contributed by atoms with Gasteiger partial charge in [0, 0.05) is 52.1 Å². The summed E-state index contributed by atoms with van der Waals surface area (Å²) in [5, 5.41) is 3.33. The number of para-hydroxylation sites is 1. The number of nitrogens with two attached hydrogens (primary N) is 1. The fourth-order valence-corrected chi connectivity index (χ4v) is 3.41. The second-order valence-corrected chi connectivity index (χ2v) is 6.69. The van der Waals surface area contributed by atoms with E-state index in [0.29, 0.717) is 0 Å². The lowest BCUT2D eigenvalue weighted by Gasteiger charge is -2.06. The van der Waals surface area contributed by atoms with Gasteiger partial charge in [0.2, 0.25) is 0 Å². The average Bonchev–Trinajstić information content (AvgIpc) is 3.13. The normalized spacial score (nSPS) is 11.3. The summed E-state index contributed by atoms with van der Waals surface area (Å²) in [6.45, 7) is 0.776. The summed E-state index contributed by atoms with van der Waals surface area (Å²) in [6.07, 6.45) is 7.75. The SMILES string of the molecule is Nc1cc[n+](Cc2ccc3cncc(-c4cc5ccccc5o4)c3c2)cc1. The van der Waals surface area contributed by atoms with Crippen molar-refractivity contribution in [1.82, 2.24) is 4.98 Å². The van der Waals surface area contributed by atoms with Crippen LogP contribution < -0.4 is 10.3 Å². The number of pyridine rings is 2. The molecule has 0 bridgehead atoms. The summed E-state index contributed by atoms with van der Waals surface area (Å²) in [7, 11) is 0. The summed E-state index contributed by atoms with van der Waals surface area (Å²) in [4.78, 5) is 4.40. The van der Waals surface area contributed by atoms with Crippen molar-refractivity contribution in [3.63, 3.8) is 0 Å². The highest BCUT2D eigenvalue weighted by atomic mass is 16.3. The van der Waals surface area contributed by atoms with E-state index in [1.54, 1.807) is 0 Å². The zero-order valence-corrected chi connectivity index (χ0v) is 14.7. The van der Waals surface area contributed by atoms with Crippen LogP contribution in [0, 0.1) is 0 Å². The summed E-state index contributed by atoms with van der Waals surface area (Å²) in [5.41, 5.74) is 9.65. The van der Waals surface area contributed by atoms with Gasteiger partial charge in [0.1, 0.15) is 11.3 Å². The number of hydrogen-bond acceptors (Lipinski definition) is 3. The monoisotopic (exact) mass is 352 g/mol. The highest BCUT2D eigenvalue weighted by molar-refractivity contribution is 5.97. The first-order chi connectivity index (χ1) is 13.3. The third kappa shape index (κ3) is 2.91. The van der Waals surface area contributed by atoms with Gasteiger partial charge in [0.25, 0.3) is 0 Å². The Hall–Kier alpha value is -3.66. The molecule has 0 fully saturated rings. The van der Waals surface area contributed by atoms with Crippen LogP contribution in [0.4, 0.5) is 5.69 Å². The van der Waals surface area contributed by atoms with Crippen LogP contribution in [-0.4, -0.2) is 4.98 Å². The van der Waals surface area contributed by atoms with Crippen LogP contribution in [-0.2, 0) is 6.54 Å². The molecule has 3 heterocycles. The molecule has 0 aliphatic rings. The number of benzene rings is 2. The van der Waals surface area contributed by atoms with Crippen LogP contribution in [0.5, 0.6) is 0 Å². The van der Waals surface area contributed by atoms with Gasteiger partial charge in [-0.05, 0) is 23.6 Å². The molecule has 0 unspecified atom stereocenters. The van der Waals surface area contributed by atoms with Crippen molar-refractivity contribution in [2.45, 2.75) is 6.54 Å². The summed E-state index contributed by atoms with van der Waals surface area (Å²) in [5.74, 6) is 0.839. The van der Waals surface area contributed by atoms with Gasteiger partial charge in [-0.1, -0.05) is 30.3 Å². The van der Waals surface area contributed by atoms with Crippen LogP contribution in [0.2, 0.25) is 0 Å². The highest BCUT2D eigenvalue weighted by Crippen LogP contribution is 2.32. The minimum Gasteiger partial charge on any atom is -0.456 e. The second-order valence-electron chi connectivity index (χ2n) is 6.69. The maximum atomic E-state index is 6.07. The van der Waals surface area contributed by atoms with Gasteiger partial charge in [-0.2, -0.15) is 0 Å². The van der Waals surface area contributed by atoms with E-state index in [1.807, 2.05) is 55.1 Å². The van der Waals surface area contributed by atoms with Gasteiger partial charge in [0.05, 0.1) is 0 Å². The zero-order chi connectivity index (χ0) is 18.2. The van der Waals surface area contributed by atoms with Gasteiger partial charge < -0.3 is 10.2 Å². The number of rotatable bonds is 3. The van der Waals surface area contributed by atoms with E-state index in [1.165, 1.54) is 5.56 Å². The van der Waals surface area contributed by atoms with Crippen LogP contribution in [0.15, 0.2) is 89.9 Å². The molecule has 27 heavy (non-hydrogen) atoms. The molecule has 4 nitrogen and oxygen atoms in total. The van der Waals surface area contributed by atoms with Gasteiger partial charge in [-0.3, -0.25) is 4.98 Å². The van der Waals surface area contributed by atoms with Crippen molar-refractivity contribution in [3.05, 3.63) is 91.0 Å². The lowest BCUT2D eigenvalue weighted by Crippen LogP contribution is -2.33. The third-order valence-electron chi connectivity index (χ3n) is 4.80. The number of nitrogens with zero attached hydrogens (tertiary/aromatic N) is 2. The minimum atomic E-state index is 0.767. The maximum absolute atomic E-state index is 6.07. The molecule has 4 heteroatoms. The summed E-state index contributed by atoms with van der Waals surface area (Å²) < 4.78 is 8.19. The molecule has 5 aromatic rings. The fourth-order valence-electron chi connectivity index (χ4n) is 3.41. The first kappa shape index (κ1) is 15.6. The van der Waals surface area contributed by atoms with Crippen molar-refractivity contribution in [2.75, 3.05) is 5.73 Å². The third-order valence-corrected chi connectivity index (χ3v) is 4.80. The van der Waals surface area contributed by atoms with Gasteiger partial charge in [-0.25, -0.2) is 4.57 Å². The van der Waals surface area contributed by atoms with Crippen molar-refractivity contribution < 1.29 is 8.98 Å². The van der Waals surface area contributed by atoms with Crippen molar-refractivity contribution >= 4 is 27.4 Å². The van der Waals surface area contributed by atoms with E-state index in [4.69, 9.17) is 10.2 Å². The molecule has 0 aliphatic carbocycles. The molecule has 130 valence electrons. The van der Waals surface area contributed by atoms with Crippen molar-refractivity contribution in [2.24, 2.45) is 0 Å². The molecule has 5 rings (SSSR count). The molecular weight excluding hydrogens is 334 g/mol. The Morgan fingerprint density at radius 1 is 0.889 bits per heavy atom. The van der Waals surface area contributed by atoms with Crippen molar-refractivity contribution in [3.8, 4) is 11.3 Å². The average molecular weight is 352 g/mol. The molecule has 0 amide bonds. The van der Waals surface area contributed by atoms with Gasteiger partial charge >= 0.3 is 0 Å². The molecular formula is C23H18N3O+. The number of anilines is 1. The number of nitrogen functional groups attached to an aromatic ring is 1. The Balaban J connectivity index is 1.61. The number of hydrogen-bond donors (Lipinski definition) is 1.